The van der Waals surface area contributed by atoms with Gasteiger partial charge in [-0.3, -0.25) is 4.72 Å². The van der Waals surface area contributed by atoms with Gasteiger partial charge >= 0.3 is 0 Å². The molecule has 2 heterocycles. The summed E-state index contributed by atoms with van der Waals surface area (Å²) in [7, 11) is 3.17. The van der Waals surface area contributed by atoms with E-state index in [0.717, 1.165) is 44.4 Å². The second-order valence-corrected chi connectivity index (χ2v) is 9.29. The van der Waals surface area contributed by atoms with Gasteiger partial charge in [0.2, 0.25) is 0 Å². The molecule has 2 saturated heterocycles. The lowest BCUT2D eigenvalue weighted by atomic mass is 10.0. The van der Waals surface area contributed by atoms with Crippen molar-refractivity contribution in [1.29, 1.82) is 5.26 Å². The molecule has 0 aromatic heterocycles. The van der Waals surface area contributed by atoms with Crippen LogP contribution in [0.3, 0.4) is 0 Å². The van der Waals surface area contributed by atoms with Crippen LogP contribution in [0.1, 0.15) is 18.9 Å². The van der Waals surface area contributed by atoms with E-state index in [0.29, 0.717) is 24.5 Å². The highest BCUT2D eigenvalue weighted by Crippen LogP contribution is 2.30. The van der Waals surface area contributed by atoms with Crippen molar-refractivity contribution < 1.29 is 14.9 Å². The highest BCUT2D eigenvalue weighted by atomic mass is 32.2. The standard InChI is InChI=1S/C24H30N4O2S.CH4O/c1-17(24(14-25)31-26-21-13-23(29)16-30-15-21)18-3-4-20-12-22(6-5-19(20)11-18)28-9-7-27(2)8-10-28;1-2/h3-6,11-12,21,23,26,29H,7-10,13,15-16H2,1-2H3;2H,1H3/b24-17+;. The fraction of sp³-hybridized carbons (Fsp3) is 0.480. The predicted molar refractivity (Wildman–Crippen MR) is 136 cm³/mol. The number of hydrogen-bond donors (Lipinski definition) is 3. The minimum absolute atomic E-state index is 0.0366. The Labute approximate surface area is 200 Å². The number of nitrogens with one attached hydrogen (secondary N) is 1. The summed E-state index contributed by atoms with van der Waals surface area (Å²) in [5.41, 5.74) is 3.27. The van der Waals surface area contributed by atoms with Gasteiger partial charge in [-0.15, -0.1) is 0 Å². The summed E-state index contributed by atoms with van der Waals surface area (Å²) in [6.07, 6.45) is 0.190. The number of likely N-dealkylation sites (N-methyl/N-ethyl adjacent to an activating group) is 1. The molecule has 0 amide bonds. The third-order valence-electron chi connectivity index (χ3n) is 6.08. The molecule has 2 fully saturated rings. The number of anilines is 1. The second kappa shape index (κ2) is 12.4. The Morgan fingerprint density at radius 2 is 1.79 bits per heavy atom. The average molecular weight is 471 g/mol. The number of benzene rings is 2. The van der Waals surface area contributed by atoms with E-state index in [1.165, 1.54) is 28.4 Å². The number of aliphatic hydroxyl groups is 2. The van der Waals surface area contributed by atoms with Gasteiger partial charge in [-0.25, -0.2) is 0 Å². The first-order valence-electron chi connectivity index (χ1n) is 11.2. The van der Waals surface area contributed by atoms with Crippen molar-refractivity contribution in [3.63, 3.8) is 0 Å². The van der Waals surface area contributed by atoms with Crippen molar-refractivity contribution in [3.8, 4) is 6.07 Å². The van der Waals surface area contributed by atoms with E-state index < -0.39 is 6.10 Å². The first-order valence-corrected chi connectivity index (χ1v) is 12.1. The Hall–Kier alpha value is -2.12. The van der Waals surface area contributed by atoms with E-state index in [2.05, 4.69) is 64.0 Å². The summed E-state index contributed by atoms with van der Waals surface area (Å²) < 4.78 is 8.66. The maximum absolute atomic E-state index is 9.75. The van der Waals surface area contributed by atoms with Crippen LogP contribution in [0.4, 0.5) is 5.69 Å². The number of allylic oxidation sites excluding steroid dienone is 2. The minimum atomic E-state index is -0.446. The molecular formula is C25H34N4O3S. The predicted octanol–water partition coefficient (Wildman–Crippen LogP) is 2.84. The Morgan fingerprint density at radius 1 is 1.09 bits per heavy atom. The third-order valence-corrected chi connectivity index (χ3v) is 7.13. The van der Waals surface area contributed by atoms with Crippen molar-refractivity contribution in [2.75, 3.05) is 58.5 Å². The normalized spacial score (nSPS) is 22.2. The number of nitriles is 1. The molecule has 4 rings (SSSR count). The summed E-state index contributed by atoms with van der Waals surface area (Å²) in [6, 6.07) is 15.4. The summed E-state index contributed by atoms with van der Waals surface area (Å²) in [6.45, 7) is 7.22. The molecule has 0 spiro atoms. The van der Waals surface area contributed by atoms with Crippen LogP contribution in [-0.2, 0) is 4.74 Å². The molecule has 0 aliphatic carbocycles. The smallest absolute Gasteiger partial charge is 0.108 e. The first-order chi connectivity index (χ1) is 16.0. The number of aliphatic hydroxyl groups excluding tert-OH is 2. The Kier molecular flexibility index (Phi) is 9.56. The topological polar surface area (TPSA) is 92.0 Å². The maximum Gasteiger partial charge on any atom is 0.108 e. The minimum Gasteiger partial charge on any atom is -0.400 e. The molecule has 0 radical (unpaired) electrons. The Balaban J connectivity index is 0.00000149. The van der Waals surface area contributed by atoms with Crippen LogP contribution in [0.2, 0.25) is 0 Å². The van der Waals surface area contributed by atoms with Gasteiger partial charge in [-0.2, -0.15) is 5.26 Å². The van der Waals surface area contributed by atoms with Gasteiger partial charge in [0.25, 0.3) is 0 Å². The van der Waals surface area contributed by atoms with Gasteiger partial charge < -0.3 is 24.7 Å². The molecule has 2 aliphatic rings. The number of fused-ring (bicyclic) bond motifs is 1. The molecule has 3 N–H and O–H groups in total. The quantitative estimate of drug-likeness (QED) is 0.454. The summed E-state index contributed by atoms with van der Waals surface area (Å²) >= 11 is 1.33. The highest BCUT2D eigenvalue weighted by Gasteiger charge is 2.21. The summed E-state index contributed by atoms with van der Waals surface area (Å²) in [5, 5.41) is 28.8. The van der Waals surface area contributed by atoms with Crippen molar-refractivity contribution in [2.24, 2.45) is 0 Å². The number of ether oxygens (including phenoxy) is 1. The average Bonchev–Trinajstić information content (AvgIpc) is 2.85. The number of rotatable bonds is 5. The molecule has 2 unspecified atom stereocenters. The van der Waals surface area contributed by atoms with Crippen molar-refractivity contribution in [3.05, 3.63) is 46.9 Å². The molecule has 7 nitrogen and oxygen atoms in total. The van der Waals surface area contributed by atoms with Crippen molar-refractivity contribution >= 4 is 34.0 Å². The zero-order chi connectivity index (χ0) is 23.8. The fourth-order valence-electron chi connectivity index (χ4n) is 4.08. The molecule has 2 aliphatic heterocycles. The molecule has 33 heavy (non-hydrogen) atoms. The van der Waals surface area contributed by atoms with E-state index >= 15 is 0 Å². The molecule has 2 aromatic rings. The van der Waals surface area contributed by atoms with Gasteiger partial charge in [0.15, 0.2) is 0 Å². The van der Waals surface area contributed by atoms with Gasteiger partial charge in [-0.1, -0.05) is 18.2 Å². The fourth-order valence-corrected chi connectivity index (χ4v) is 4.84. The molecule has 0 saturated carbocycles. The van der Waals surface area contributed by atoms with Crippen molar-refractivity contribution in [2.45, 2.75) is 25.5 Å². The lowest BCUT2D eigenvalue weighted by molar-refractivity contribution is -0.0181. The molecule has 2 aromatic carbocycles. The molecule has 2 atom stereocenters. The Morgan fingerprint density at radius 3 is 2.48 bits per heavy atom. The van der Waals surface area contributed by atoms with Crippen LogP contribution in [0, 0.1) is 11.3 Å². The van der Waals surface area contributed by atoms with Gasteiger partial charge in [0.1, 0.15) is 11.0 Å². The maximum atomic E-state index is 9.75. The zero-order valence-electron chi connectivity index (χ0n) is 19.6. The van der Waals surface area contributed by atoms with E-state index in [1.54, 1.807) is 0 Å². The Bertz CT molecular complexity index is 999. The lowest BCUT2D eigenvalue weighted by Crippen LogP contribution is -2.44. The van der Waals surface area contributed by atoms with Gasteiger partial charge in [0.05, 0.1) is 19.3 Å². The van der Waals surface area contributed by atoms with E-state index in [1.807, 2.05) is 6.92 Å². The number of nitrogens with zero attached hydrogens (tertiary/aromatic N) is 3. The third kappa shape index (κ3) is 6.70. The highest BCUT2D eigenvalue weighted by molar-refractivity contribution is 8.01. The van der Waals surface area contributed by atoms with Gasteiger partial charge in [-0.05, 0) is 72.4 Å². The largest absolute Gasteiger partial charge is 0.400 e. The van der Waals surface area contributed by atoms with Crippen LogP contribution in [0.5, 0.6) is 0 Å². The van der Waals surface area contributed by atoms with Crippen LogP contribution >= 0.6 is 11.9 Å². The first kappa shape index (κ1) is 25.5. The zero-order valence-corrected chi connectivity index (χ0v) is 20.4. The number of piperazine rings is 1. The van der Waals surface area contributed by atoms with E-state index in [9.17, 15) is 10.4 Å². The van der Waals surface area contributed by atoms with Crippen LogP contribution < -0.4 is 9.62 Å². The van der Waals surface area contributed by atoms with Crippen LogP contribution in [-0.4, -0.2) is 80.8 Å². The lowest BCUT2D eigenvalue weighted by Gasteiger charge is -2.34. The molecule has 0 bridgehead atoms. The number of hydrogen-bond acceptors (Lipinski definition) is 8. The molecule has 178 valence electrons. The molecule has 8 heteroatoms. The summed E-state index contributed by atoms with van der Waals surface area (Å²) in [4.78, 5) is 5.44. The molecular weight excluding hydrogens is 436 g/mol. The second-order valence-electron chi connectivity index (χ2n) is 8.45. The van der Waals surface area contributed by atoms with Gasteiger partial charge in [0, 0.05) is 45.0 Å². The van der Waals surface area contributed by atoms with Crippen molar-refractivity contribution in [1.82, 2.24) is 9.62 Å². The van der Waals surface area contributed by atoms with Crippen LogP contribution in [0.15, 0.2) is 41.3 Å². The SMILES string of the molecule is C/C(=C(/C#N)SNC1COCC(O)C1)c1ccc2cc(N3CCN(C)CC3)ccc2c1.CO. The summed E-state index contributed by atoms with van der Waals surface area (Å²) in [5.74, 6) is 0. The van der Waals surface area contributed by atoms with Crippen LogP contribution in [0.25, 0.3) is 16.3 Å². The monoisotopic (exact) mass is 470 g/mol. The van der Waals surface area contributed by atoms with E-state index in [-0.39, 0.29) is 6.04 Å². The van der Waals surface area contributed by atoms with E-state index in [4.69, 9.17) is 9.84 Å².